The molecule has 1 fully saturated rings. The van der Waals surface area contributed by atoms with Crippen LogP contribution in [0.4, 0.5) is 0 Å². The van der Waals surface area contributed by atoms with Crippen LogP contribution in [0.2, 0.25) is 0 Å². The van der Waals surface area contributed by atoms with Crippen molar-refractivity contribution < 1.29 is 24.1 Å². The quantitative estimate of drug-likeness (QED) is 0.213. The molecule has 1 aliphatic heterocycles. The number of rotatable bonds is 12. The third kappa shape index (κ3) is 7.82. The Hall–Kier alpha value is -2.97. The Balaban J connectivity index is 1.44. The first-order chi connectivity index (χ1) is 19.7. The van der Waals surface area contributed by atoms with Gasteiger partial charge in [-0.2, -0.15) is 0 Å². The van der Waals surface area contributed by atoms with Gasteiger partial charge in [0.2, 0.25) is 0 Å². The fraction of sp³-hybridized carbons (Fsp3) is 0.294. The van der Waals surface area contributed by atoms with E-state index in [0.717, 1.165) is 21.6 Å². The lowest BCUT2D eigenvalue weighted by atomic mass is 9.99. The van der Waals surface area contributed by atoms with E-state index in [-0.39, 0.29) is 6.61 Å². The van der Waals surface area contributed by atoms with E-state index in [1.54, 1.807) is 11.8 Å². The molecule has 0 radical (unpaired) electrons. The topological polar surface area (TPSA) is 57.2 Å². The van der Waals surface area contributed by atoms with Gasteiger partial charge in [0.15, 0.2) is 0 Å². The number of aliphatic hydroxyl groups is 1. The van der Waals surface area contributed by atoms with Crippen LogP contribution < -0.4 is 0 Å². The largest absolute Gasteiger partial charge is 0.394 e. The van der Waals surface area contributed by atoms with Gasteiger partial charge in [-0.1, -0.05) is 120 Å². The van der Waals surface area contributed by atoms with E-state index in [9.17, 15) is 5.11 Å². The number of benzene rings is 4. The molecule has 1 saturated heterocycles. The minimum atomic E-state index is -0.580. The second-order valence-electron chi connectivity index (χ2n) is 9.94. The van der Waals surface area contributed by atoms with E-state index in [1.807, 2.05) is 91.0 Å². The zero-order valence-corrected chi connectivity index (χ0v) is 23.5. The third-order valence-electron chi connectivity index (χ3n) is 6.90. The molecule has 1 heterocycles. The lowest BCUT2D eigenvalue weighted by Gasteiger charge is -2.45. The van der Waals surface area contributed by atoms with Gasteiger partial charge in [-0.3, -0.25) is 0 Å². The molecule has 5 rings (SSSR count). The minimum Gasteiger partial charge on any atom is -0.394 e. The molecule has 0 spiro atoms. The molecule has 3 unspecified atom stereocenters. The maximum absolute atomic E-state index is 10.5. The Kier molecular flexibility index (Phi) is 10.4. The van der Waals surface area contributed by atoms with Crippen molar-refractivity contribution in [1.82, 2.24) is 0 Å². The number of aliphatic hydroxyl groups excluding tert-OH is 1. The smallest absolute Gasteiger partial charge is 0.137 e. The molecule has 4 aromatic rings. The number of hydrogen-bond acceptors (Lipinski definition) is 6. The van der Waals surface area contributed by atoms with Crippen LogP contribution in [0.1, 0.15) is 22.3 Å². The van der Waals surface area contributed by atoms with Gasteiger partial charge in [0, 0.05) is 4.90 Å². The Morgan fingerprint density at radius 3 is 1.52 bits per heavy atom. The van der Waals surface area contributed by atoms with Crippen LogP contribution >= 0.6 is 11.8 Å². The normalized spacial score (nSPS) is 22.7. The van der Waals surface area contributed by atoms with Gasteiger partial charge in [0.25, 0.3) is 0 Å². The highest BCUT2D eigenvalue weighted by Crippen LogP contribution is 2.38. The van der Waals surface area contributed by atoms with E-state index < -0.39 is 29.9 Å². The molecule has 40 heavy (non-hydrogen) atoms. The summed E-state index contributed by atoms with van der Waals surface area (Å²) in [6.07, 6.45) is -2.06. The Morgan fingerprint density at radius 2 is 1.05 bits per heavy atom. The first-order valence-corrected chi connectivity index (χ1v) is 14.5. The Labute approximate surface area is 241 Å². The predicted molar refractivity (Wildman–Crippen MR) is 158 cm³/mol. The molecule has 0 aromatic heterocycles. The van der Waals surface area contributed by atoms with Crippen LogP contribution in [0.25, 0.3) is 0 Å². The minimum absolute atomic E-state index is 0.193. The summed E-state index contributed by atoms with van der Waals surface area (Å²) in [5.41, 5.74) is 3.94. The second kappa shape index (κ2) is 14.6. The van der Waals surface area contributed by atoms with Gasteiger partial charge >= 0.3 is 0 Å². The van der Waals surface area contributed by atoms with Crippen LogP contribution in [0, 0.1) is 6.92 Å². The van der Waals surface area contributed by atoms with E-state index >= 15 is 0 Å². The van der Waals surface area contributed by atoms with Crippen molar-refractivity contribution in [1.29, 1.82) is 0 Å². The maximum atomic E-state index is 10.5. The second-order valence-corrected chi connectivity index (χ2v) is 11.1. The number of aryl methyl sites for hydroxylation is 1. The third-order valence-corrected chi connectivity index (χ3v) is 8.06. The molecular weight excluding hydrogens is 520 g/mol. The fourth-order valence-electron chi connectivity index (χ4n) is 4.74. The molecule has 0 bridgehead atoms. The van der Waals surface area contributed by atoms with Gasteiger partial charge in [0.1, 0.15) is 29.9 Å². The molecule has 1 aliphatic rings. The van der Waals surface area contributed by atoms with Crippen LogP contribution in [-0.2, 0) is 38.8 Å². The average Bonchev–Trinajstić information content (AvgIpc) is 3.01. The SMILES string of the molecule is Cc1ccc(S[C@@H]2OC(CO)[C@@H](OCc3ccccc3)C(OCc3ccccc3)C2OCc2ccccc2)cc1. The number of thioether (sulfide) groups is 1. The van der Waals surface area contributed by atoms with Crippen LogP contribution in [0.3, 0.4) is 0 Å². The highest BCUT2D eigenvalue weighted by molar-refractivity contribution is 7.99. The van der Waals surface area contributed by atoms with Crippen LogP contribution in [0.15, 0.2) is 120 Å². The van der Waals surface area contributed by atoms with Crippen molar-refractivity contribution in [2.75, 3.05) is 6.61 Å². The van der Waals surface area contributed by atoms with Crippen LogP contribution in [-0.4, -0.2) is 41.6 Å². The van der Waals surface area contributed by atoms with E-state index in [0.29, 0.717) is 19.8 Å². The summed E-state index contributed by atoms with van der Waals surface area (Å²) in [5.74, 6) is 0. The van der Waals surface area contributed by atoms with Gasteiger partial charge in [-0.25, -0.2) is 0 Å². The molecular formula is C34H36O5S. The fourth-order valence-corrected chi connectivity index (χ4v) is 5.87. The Bertz CT molecular complexity index is 1270. The van der Waals surface area contributed by atoms with E-state index in [2.05, 4.69) is 31.2 Å². The number of ether oxygens (including phenoxy) is 4. The molecule has 4 aromatic carbocycles. The van der Waals surface area contributed by atoms with Crippen molar-refractivity contribution >= 4 is 11.8 Å². The summed E-state index contributed by atoms with van der Waals surface area (Å²) >= 11 is 1.58. The van der Waals surface area contributed by atoms with E-state index in [1.165, 1.54) is 5.56 Å². The van der Waals surface area contributed by atoms with Crippen LogP contribution in [0.5, 0.6) is 0 Å². The summed E-state index contributed by atoms with van der Waals surface area (Å²) in [5, 5.41) is 10.5. The zero-order chi connectivity index (χ0) is 27.6. The van der Waals surface area contributed by atoms with Crippen molar-refractivity contribution in [3.05, 3.63) is 138 Å². The monoisotopic (exact) mass is 556 g/mol. The summed E-state index contributed by atoms with van der Waals surface area (Å²) in [4.78, 5) is 1.06. The van der Waals surface area contributed by atoms with Gasteiger partial charge in [0.05, 0.1) is 26.4 Å². The molecule has 208 valence electrons. The van der Waals surface area contributed by atoms with Crippen molar-refractivity contribution in [2.24, 2.45) is 0 Å². The first-order valence-electron chi connectivity index (χ1n) is 13.7. The Morgan fingerprint density at radius 1 is 0.600 bits per heavy atom. The molecule has 0 saturated carbocycles. The highest BCUT2D eigenvalue weighted by atomic mass is 32.2. The molecule has 6 heteroatoms. The highest BCUT2D eigenvalue weighted by Gasteiger charge is 2.48. The summed E-state index contributed by atoms with van der Waals surface area (Å²) < 4.78 is 26.3. The predicted octanol–water partition coefficient (Wildman–Crippen LogP) is 6.56. The molecule has 0 amide bonds. The zero-order valence-electron chi connectivity index (χ0n) is 22.7. The molecule has 0 aliphatic carbocycles. The van der Waals surface area contributed by atoms with Gasteiger partial charge < -0.3 is 24.1 Å². The summed E-state index contributed by atoms with van der Waals surface area (Å²) in [6.45, 7) is 3.04. The number of hydrogen-bond donors (Lipinski definition) is 1. The first kappa shape index (κ1) is 28.6. The standard InChI is InChI=1S/C34H36O5S/c1-25-17-19-29(20-18-25)40-34-33(38-24-28-15-9-4-10-16-28)32(37-23-27-13-7-3-8-14-27)31(30(21-35)39-34)36-22-26-11-5-2-6-12-26/h2-20,30-35H,21-24H2,1H3/t30?,31-,32?,33?,34+/m1/s1. The van der Waals surface area contributed by atoms with Crippen molar-refractivity contribution in [2.45, 2.75) is 61.5 Å². The molecule has 1 N–H and O–H groups in total. The lowest BCUT2D eigenvalue weighted by Crippen LogP contribution is -2.60. The maximum Gasteiger partial charge on any atom is 0.137 e. The lowest BCUT2D eigenvalue weighted by molar-refractivity contribution is -0.251. The average molecular weight is 557 g/mol. The summed E-state index contributed by atoms with van der Waals surface area (Å²) in [6, 6.07) is 38.5. The van der Waals surface area contributed by atoms with Gasteiger partial charge in [-0.15, -0.1) is 0 Å². The van der Waals surface area contributed by atoms with Crippen molar-refractivity contribution in [3.63, 3.8) is 0 Å². The van der Waals surface area contributed by atoms with Gasteiger partial charge in [-0.05, 0) is 35.7 Å². The summed E-state index contributed by atoms with van der Waals surface area (Å²) in [7, 11) is 0. The van der Waals surface area contributed by atoms with Crippen molar-refractivity contribution in [3.8, 4) is 0 Å². The van der Waals surface area contributed by atoms with E-state index in [4.69, 9.17) is 18.9 Å². The molecule has 5 nitrogen and oxygen atoms in total. The molecule has 5 atom stereocenters.